The Kier molecular flexibility index (Phi) is 4.48. The Hall–Kier alpha value is -3.31. The largest absolute Gasteiger partial charge is 0.331 e. The lowest BCUT2D eigenvalue weighted by atomic mass is 9.88. The average molecular weight is 415 g/mol. The smallest absolute Gasteiger partial charge is 0.275 e. The second kappa shape index (κ2) is 6.36. The highest BCUT2D eigenvalue weighted by Crippen LogP contribution is 2.38. The number of nitrogens with one attached hydrogen (secondary N) is 1. The maximum Gasteiger partial charge on any atom is 0.331 e. The first-order valence-corrected chi connectivity index (χ1v) is 8.37. The number of carbonyl (C=O) groups is 5. The van der Waals surface area contributed by atoms with Gasteiger partial charge in [-0.2, -0.15) is 0 Å². The Balaban J connectivity index is 2.27. The Morgan fingerprint density at radius 2 is 1.31 bits per heavy atom. The van der Waals surface area contributed by atoms with Gasteiger partial charge in [0.2, 0.25) is 5.54 Å². The molecule has 1 aromatic rings. The van der Waals surface area contributed by atoms with Crippen molar-refractivity contribution < 1.29 is 41.5 Å². The molecule has 1 fully saturated rings. The van der Waals surface area contributed by atoms with Crippen molar-refractivity contribution in [1.29, 1.82) is 0 Å². The van der Waals surface area contributed by atoms with Crippen LogP contribution in [0.3, 0.4) is 0 Å². The second-order valence-corrected chi connectivity index (χ2v) is 6.69. The number of carbonyl (C=O) groups excluding carboxylic acids is 5. The fraction of sp³-hybridized carbons (Fsp3) is 0.353. The molecule has 0 aromatic heterocycles. The molecule has 0 bridgehead atoms. The van der Waals surface area contributed by atoms with Gasteiger partial charge in [0.25, 0.3) is 23.6 Å². The molecule has 0 saturated carbocycles. The van der Waals surface area contributed by atoms with Crippen LogP contribution in [0.15, 0.2) is 0 Å². The quantitative estimate of drug-likeness (QED) is 0.265. The van der Waals surface area contributed by atoms with Crippen LogP contribution in [0, 0.1) is 23.3 Å². The monoisotopic (exact) mass is 415 g/mol. The van der Waals surface area contributed by atoms with E-state index in [1.165, 1.54) is 20.8 Å². The van der Waals surface area contributed by atoms with Gasteiger partial charge in [-0.15, -0.1) is 0 Å². The summed E-state index contributed by atoms with van der Waals surface area (Å²) in [5, 5.41) is 1.83. The molecule has 2 aliphatic heterocycles. The van der Waals surface area contributed by atoms with Crippen LogP contribution in [0.4, 0.5) is 22.4 Å². The molecule has 1 unspecified atom stereocenters. The van der Waals surface area contributed by atoms with E-state index >= 15 is 0 Å². The Labute approximate surface area is 160 Å². The molecule has 1 aromatic carbocycles. The van der Waals surface area contributed by atoms with Crippen molar-refractivity contribution in [2.45, 2.75) is 38.8 Å². The minimum Gasteiger partial charge on any atom is -0.275 e. The summed E-state index contributed by atoms with van der Waals surface area (Å²) in [5.41, 5.74) is -5.56. The Morgan fingerprint density at radius 3 is 1.69 bits per heavy atom. The normalized spacial score (nSPS) is 22.0. The molecule has 0 radical (unpaired) electrons. The van der Waals surface area contributed by atoms with Gasteiger partial charge in [-0.25, -0.2) is 27.3 Å². The van der Waals surface area contributed by atoms with Crippen LogP contribution >= 0.6 is 0 Å². The predicted molar refractivity (Wildman–Crippen MR) is 85.3 cm³/mol. The summed E-state index contributed by atoms with van der Waals surface area (Å²) in [7, 11) is 0. The summed E-state index contributed by atoms with van der Waals surface area (Å²) < 4.78 is 55.5. The second-order valence-electron chi connectivity index (χ2n) is 6.69. The lowest BCUT2D eigenvalue weighted by Crippen LogP contribution is -2.75. The summed E-state index contributed by atoms with van der Waals surface area (Å²) in [6, 6.07) is -1.94. The van der Waals surface area contributed by atoms with Gasteiger partial charge in [-0.05, 0) is 20.3 Å². The predicted octanol–water partition coefficient (Wildman–Crippen LogP) is 1.47. The van der Waals surface area contributed by atoms with Crippen molar-refractivity contribution in [2.75, 3.05) is 0 Å². The summed E-state index contributed by atoms with van der Waals surface area (Å²) in [5.74, 6) is -15.0. The molecule has 0 aliphatic carbocycles. The highest BCUT2D eigenvalue weighted by atomic mass is 19.2. The number of halogens is 4. The minimum absolute atomic E-state index is 0.0534. The van der Waals surface area contributed by atoms with Crippen LogP contribution in [0.1, 0.15) is 47.9 Å². The summed E-state index contributed by atoms with van der Waals surface area (Å²) in [6.07, 6.45) is -0.576. The van der Waals surface area contributed by atoms with E-state index in [9.17, 15) is 41.5 Å². The van der Waals surface area contributed by atoms with E-state index in [-0.39, 0.29) is 4.90 Å². The van der Waals surface area contributed by atoms with E-state index < -0.39 is 82.1 Å². The van der Waals surface area contributed by atoms with E-state index in [4.69, 9.17) is 0 Å². The summed E-state index contributed by atoms with van der Waals surface area (Å²) in [6.45, 7) is 4.02. The number of benzene rings is 1. The highest BCUT2D eigenvalue weighted by Gasteiger charge is 2.63. The molecule has 2 heterocycles. The van der Waals surface area contributed by atoms with Crippen molar-refractivity contribution in [3.63, 3.8) is 0 Å². The van der Waals surface area contributed by atoms with Crippen LogP contribution < -0.4 is 5.32 Å². The molecule has 3 rings (SSSR count). The van der Waals surface area contributed by atoms with E-state index in [1.807, 2.05) is 5.32 Å². The SMILES string of the molecule is CCC1(N2C(=O)c3c(F)c(F)c(F)c(F)c3C2=O)C(=O)NC(=O)N(C(C)C)C1=O. The number of amides is 6. The molecule has 1 N–H and O–H groups in total. The molecule has 1 saturated heterocycles. The van der Waals surface area contributed by atoms with E-state index in [0.29, 0.717) is 4.90 Å². The number of hydrogen-bond donors (Lipinski definition) is 1. The molecular formula is C17H13F4N3O5. The summed E-state index contributed by atoms with van der Waals surface area (Å²) >= 11 is 0. The van der Waals surface area contributed by atoms with Crippen LogP contribution in [-0.2, 0) is 9.59 Å². The number of imide groups is 3. The zero-order chi connectivity index (χ0) is 22.0. The van der Waals surface area contributed by atoms with E-state index in [1.54, 1.807) is 0 Å². The van der Waals surface area contributed by atoms with E-state index in [0.717, 1.165) is 0 Å². The van der Waals surface area contributed by atoms with Gasteiger partial charge in [-0.1, -0.05) is 6.92 Å². The first kappa shape index (κ1) is 20.4. The van der Waals surface area contributed by atoms with E-state index in [2.05, 4.69) is 0 Å². The maximum absolute atomic E-state index is 14.2. The van der Waals surface area contributed by atoms with Crippen LogP contribution in [-0.4, -0.2) is 51.0 Å². The zero-order valence-corrected chi connectivity index (χ0v) is 15.2. The molecule has 0 spiro atoms. The van der Waals surface area contributed by atoms with Crippen molar-refractivity contribution >= 4 is 29.7 Å². The molecule has 29 heavy (non-hydrogen) atoms. The van der Waals surface area contributed by atoms with Gasteiger partial charge in [0, 0.05) is 6.04 Å². The summed E-state index contributed by atoms with van der Waals surface area (Å²) in [4.78, 5) is 63.6. The van der Waals surface area contributed by atoms with Gasteiger partial charge in [0.15, 0.2) is 23.3 Å². The molecule has 2 aliphatic rings. The van der Waals surface area contributed by atoms with Gasteiger partial charge >= 0.3 is 6.03 Å². The van der Waals surface area contributed by atoms with Gasteiger partial charge in [-0.3, -0.25) is 29.4 Å². The number of fused-ring (bicyclic) bond motifs is 1. The zero-order valence-electron chi connectivity index (χ0n) is 15.2. The Bertz CT molecular complexity index is 978. The number of nitrogens with zero attached hydrogens (tertiary/aromatic N) is 2. The first-order valence-electron chi connectivity index (χ1n) is 8.37. The minimum atomic E-state index is -2.68. The van der Waals surface area contributed by atoms with Crippen LogP contribution in [0.2, 0.25) is 0 Å². The standard InChI is InChI=1S/C17H13F4N3O5/c1-4-17(14(27)22-16(29)23(5(2)3)15(17)28)24-12(25)6-7(13(24)26)9(19)11(21)10(20)8(6)18/h5H,4H2,1-3H3,(H,22,27,29). The fourth-order valence-electron chi connectivity index (χ4n) is 3.48. The van der Waals surface area contributed by atoms with Crippen molar-refractivity contribution in [3.8, 4) is 0 Å². The molecule has 12 heteroatoms. The van der Waals surface area contributed by atoms with Gasteiger partial charge in [0.1, 0.15) is 0 Å². The topological polar surface area (TPSA) is 104 Å². The third kappa shape index (κ3) is 2.34. The number of urea groups is 1. The van der Waals surface area contributed by atoms with Crippen molar-refractivity contribution in [2.24, 2.45) is 0 Å². The Morgan fingerprint density at radius 1 is 0.862 bits per heavy atom. The van der Waals surface area contributed by atoms with Crippen LogP contribution in [0.5, 0.6) is 0 Å². The number of barbiturate groups is 1. The average Bonchev–Trinajstić information content (AvgIpc) is 2.90. The first-order chi connectivity index (χ1) is 13.4. The van der Waals surface area contributed by atoms with Crippen LogP contribution in [0.25, 0.3) is 0 Å². The molecule has 1 atom stereocenters. The highest BCUT2D eigenvalue weighted by molar-refractivity contribution is 6.31. The third-order valence-electron chi connectivity index (χ3n) is 4.90. The molecular weight excluding hydrogens is 402 g/mol. The number of hydrogen-bond acceptors (Lipinski definition) is 5. The number of rotatable bonds is 3. The van der Waals surface area contributed by atoms with Gasteiger partial charge < -0.3 is 0 Å². The molecule has 6 amide bonds. The molecule has 8 nitrogen and oxygen atoms in total. The maximum atomic E-state index is 14.2. The lowest BCUT2D eigenvalue weighted by Gasteiger charge is -2.43. The van der Waals surface area contributed by atoms with Crippen molar-refractivity contribution in [1.82, 2.24) is 15.1 Å². The third-order valence-corrected chi connectivity index (χ3v) is 4.90. The van der Waals surface area contributed by atoms with Crippen molar-refractivity contribution in [3.05, 3.63) is 34.4 Å². The molecule has 154 valence electrons. The fourth-order valence-corrected chi connectivity index (χ4v) is 3.48. The lowest BCUT2D eigenvalue weighted by molar-refractivity contribution is -0.152. The van der Waals surface area contributed by atoms with Gasteiger partial charge in [0.05, 0.1) is 11.1 Å².